The van der Waals surface area contributed by atoms with Gasteiger partial charge < -0.3 is 55.1 Å². The molecule has 3 aromatic carbocycles. The minimum Gasteiger partial charge on any atom is -0.508 e. The Morgan fingerprint density at radius 3 is 2.22 bits per heavy atom. The zero-order chi connectivity index (χ0) is 31.9. The van der Waals surface area contributed by atoms with Gasteiger partial charge in [0.15, 0.2) is 6.23 Å². The van der Waals surface area contributed by atoms with Crippen molar-refractivity contribution in [1.29, 1.82) is 0 Å². The average Bonchev–Trinajstić information content (AvgIpc) is 3.65. The number of benzene rings is 3. The van der Waals surface area contributed by atoms with E-state index in [1.165, 1.54) is 16.7 Å². The number of hydrogen-bond acceptors (Lipinski definition) is 12. The Bertz CT molecular complexity index is 2010. The number of ether oxygens (including phenoxy) is 1. The fraction of sp³-hybridized carbons (Fsp3) is 0.333. The van der Waals surface area contributed by atoms with Gasteiger partial charge in [-0.15, -0.1) is 0 Å². The number of amides is 2. The molecule has 2 aromatic heterocycles. The second-order valence-electron chi connectivity index (χ2n) is 11.3. The van der Waals surface area contributed by atoms with Crippen molar-refractivity contribution in [1.82, 2.24) is 20.0 Å². The quantitative estimate of drug-likeness (QED) is 0.0989. The SMILES string of the molecule is O=C1c2c(c3c4ccc(CO)cc4n(C4OC(CO)C(O)C(O)C4O)c3c3[nH]c4cc(O)ccc4c23)C(=O)N1NC(CO)CO. The van der Waals surface area contributed by atoms with Gasteiger partial charge in [-0.05, 0) is 23.8 Å². The molecule has 0 spiro atoms. The lowest BCUT2D eigenvalue weighted by Gasteiger charge is -2.41. The molecule has 0 radical (unpaired) electrons. The molecule has 7 rings (SSSR count). The second kappa shape index (κ2) is 10.7. The fourth-order valence-electron chi connectivity index (χ4n) is 6.57. The zero-order valence-electron chi connectivity index (χ0n) is 23.5. The summed E-state index contributed by atoms with van der Waals surface area (Å²) in [6, 6.07) is 8.21. The molecule has 0 aliphatic carbocycles. The first kappa shape index (κ1) is 29.5. The first-order valence-corrected chi connectivity index (χ1v) is 14.2. The Balaban J connectivity index is 1.65. The second-order valence-corrected chi connectivity index (χ2v) is 11.3. The number of aliphatic hydroxyl groups excluding tert-OH is 7. The van der Waals surface area contributed by atoms with Gasteiger partial charge in [-0.2, -0.15) is 0 Å². The molecule has 15 nitrogen and oxygen atoms in total. The van der Waals surface area contributed by atoms with Crippen molar-refractivity contribution in [3.63, 3.8) is 0 Å². The van der Waals surface area contributed by atoms with Crippen LogP contribution in [0, 0.1) is 0 Å². The fourth-order valence-corrected chi connectivity index (χ4v) is 6.57. The maximum absolute atomic E-state index is 14.1. The zero-order valence-corrected chi connectivity index (χ0v) is 23.5. The molecule has 1 fully saturated rings. The lowest BCUT2D eigenvalue weighted by atomic mass is 9.96. The van der Waals surface area contributed by atoms with Gasteiger partial charge in [0, 0.05) is 27.6 Å². The normalized spacial score (nSPS) is 23.9. The Morgan fingerprint density at radius 1 is 0.867 bits per heavy atom. The maximum atomic E-state index is 14.1. The van der Waals surface area contributed by atoms with Crippen LogP contribution in [0.2, 0.25) is 0 Å². The van der Waals surface area contributed by atoms with Crippen LogP contribution in [0.5, 0.6) is 5.75 Å². The number of H-pyrrole nitrogens is 1. The number of nitrogens with one attached hydrogen (secondary N) is 2. The number of aromatic amines is 1. The summed E-state index contributed by atoms with van der Waals surface area (Å²) in [7, 11) is 0. The summed E-state index contributed by atoms with van der Waals surface area (Å²) in [6.07, 6.45) is -7.83. The highest BCUT2D eigenvalue weighted by molar-refractivity contribution is 6.39. The van der Waals surface area contributed by atoms with Crippen LogP contribution in [-0.4, -0.2) is 118 Å². The molecule has 0 saturated carbocycles. The number of phenols is 1. The molecule has 4 heterocycles. The molecule has 5 unspecified atom stereocenters. The number of imide groups is 1. The van der Waals surface area contributed by atoms with Crippen molar-refractivity contribution in [3.05, 3.63) is 53.1 Å². The first-order chi connectivity index (χ1) is 21.6. The third kappa shape index (κ3) is 4.11. The van der Waals surface area contributed by atoms with E-state index in [4.69, 9.17) is 4.74 Å². The van der Waals surface area contributed by atoms with Crippen LogP contribution in [0.4, 0.5) is 0 Å². The third-order valence-corrected chi connectivity index (χ3v) is 8.73. The number of carbonyl (C=O) groups excluding carboxylic acids is 2. The summed E-state index contributed by atoms with van der Waals surface area (Å²) in [5.74, 6) is -1.63. The van der Waals surface area contributed by atoms with E-state index in [9.17, 15) is 50.4 Å². The van der Waals surface area contributed by atoms with Crippen LogP contribution in [0.1, 0.15) is 32.5 Å². The van der Waals surface area contributed by atoms with Gasteiger partial charge in [-0.3, -0.25) is 9.59 Å². The van der Waals surface area contributed by atoms with E-state index in [0.29, 0.717) is 32.9 Å². The molecule has 2 amide bonds. The largest absolute Gasteiger partial charge is 0.508 e. The van der Waals surface area contributed by atoms with Gasteiger partial charge in [0.05, 0.1) is 65.7 Å². The van der Waals surface area contributed by atoms with Crippen LogP contribution >= 0.6 is 0 Å². The monoisotopic (exact) mass is 622 g/mol. The molecule has 15 heteroatoms. The molecule has 5 aromatic rings. The molecular weight excluding hydrogens is 592 g/mol. The van der Waals surface area contributed by atoms with Gasteiger partial charge in [-0.25, -0.2) is 10.4 Å². The molecule has 1 saturated heterocycles. The standard InChI is InChI=1S/C30H30N4O11/c35-7-11-1-3-15-17(5-11)33(30-27(42)26(41)25(40)18(10-38)45-30)24-20(15)22-21(28(43)34(29(22)44)32-12(8-36)9-37)19-14-4-2-13(39)6-16(14)31-23(19)24/h1-6,12,18,25-27,30-32,35-42H,7-10H2. The number of carbonyl (C=O) groups is 2. The number of aromatic hydroxyl groups is 1. The highest BCUT2D eigenvalue weighted by Gasteiger charge is 2.47. The average molecular weight is 623 g/mol. The minimum atomic E-state index is -1.74. The van der Waals surface area contributed by atoms with Crippen molar-refractivity contribution in [2.75, 3.05) is 19.8 Å². The summed E-state index contributed by atoms with van der Waals surface area (Å²) in [4.78, 5) is 31.4. The van der Waals surface area contributed by atoms with E-state index in [-0.39, 0.29) is 39.8 Å². The van der Waals surface area contributed by atoms with Gasteiger partial charge in [0.1, 0.15) is 30.2 Å². The van der Waals surface area contributed by atoms with E-state index >= 15 is 0 Å². The molecule has 2 aliphatic rings. The number of aromatic nitrogens is 2. The van der Waals surface area contributed by atoms with Crippen molar-refractivity contribution < 1.29 is 55.2 Å². The number of hydrazine groups is 1. The van der Waals surface area contributed by atoms with Crippen molar-refractivity contribution in [2.24, 2.45) is 0 Å². The molecule has 45 heavy (non-hydrogen) atoms. The van der Waals surface area contributed by atoms with Crippen molar-refractivity contribution >= 4 is 55.4 Å². The van der Waals surface area contributed by atoms with E-state index in [2.05, 4.69) is 10.4 Å². The number of phenolic OH excluding ortho intramolecular Hbond substituents is 1. The highest BCUT2D eigenvalue weighted by Crippen LogP contribution is 2.47. The minimum absolute atomic E-state index is 0.000608. The molecule has 5 atom stereocenters. The van der Waals surface area contributed by atoms with Gasteiger partial charge in [0.2, 0.25) is 0 Å². The number of hydrogen-bond donors (Lipinski definition) is 10. The number of fused-ring (bicyclic) bond motifs is 10. The van der Waals surface area contributed by atoms with Crippen LogP contribution in [0.3, 0.4) is 0 Å². The molecule has 236 valence electrons. The molecule has 0 bridgehead atoms. The Morgan fingerprint density at radius 2 is 1.56 bits per heavy atom. The van der Waals surface area contributed by atoms with Gasteiger partial charge in [0.25, 0.3) is 11.8 Å². The first-order valence-electron chi connectivity index (χ1n) is 14.2. The Kier molecular flexibility index (Phi) is 7.05. The summed E-state index contributed by atoms with van der Waals surface area (Å²) >= 11 is 0. The predicted octanol–water partition coefficient (Wildman–Crippen LogP) is -0.947. The van der Waals surface area contributed by atoms with Crippen molar-refractivity contribution in [3.8, 4) is 5.75 Å². The smallest absolute Gasteiger partial charge is 0.276 e. The highest BCUT2D eigenvalue weighted by atomic mass is 16.6. The van der Waals surface area contributed by atoms with Crippen LogP contribution < -0.4 is 5.43 Å². The number of nitrogens with zero attached hydrogens (tertiary/aromatic N) is 2. The van der Waals surface area contributed by atoms with E-state index in [1.54, 1.807) is 24.3 Å². The molecular formula is C30H30N4O11. The molecule has 2 aliphatic heterocycles. The third-order valence-electron chi connectivity index (χ3n) is 8.73. The summed E-state index contributed by atoms with van der Waals surface area (Å²) < 4.78 is 7.47. The molecule has 10 N–H and O–H groups in total. The van der Waals surface area contributed by atoms with E-state index in [1.807, 2.05) is 0 Å². The van der Waals surface area contributed by atoms with E-state index < -0.39 is 68.3 Å². The van der Waals surface area contributed by atoms with Crippen LogP contribution in [-0.2, 0) is 11.3 Å². The van der Waals surface area contributed by atoms with Gasteiger partial charge in [-0.1, -0.05) is 12.1 Å². The topological polar surface area (TPSA) is 241 Å². The number of aliphatic hydroxyl groups is 7. The summed E-state index contributed by atoms with van der Waals surface area (Å²) in [5.41, 5.74) is 4.28. The summed E-state index contributed by atoms with van der Waals surface area (Å²) in [5, 5.41) is 84.2. The van der Waals surface area contributed by atoms with Gasteiger partial charge >= 0.3 is 0 Å². The van der Waals surface area contributed by atoms with Crippen LogP contribution in [0.25, 0.3) is 43.6 Å². The number of rotatable bonds is 7. The lowest BCUT2D eigenvalue weighted by Crippen LogP contribution is -2.56. The van der Waals surface area contributed by atoms with Crippen molar-refractivity contribution in [2.45, 2.75) is 43.3 Å². The predicted molar refractivity (Wildman–Crippen MR) is 157 cm³/mol. The Hall–Kier alpha value is -4.16. The maximum Gasteiger partial charge on any atom is 0.276 e. The Labute approximate surface area is 252 Å². The summed E-state index contributed by atoms with van der Waals surface area (Å²) in [6.45, 7) is -2.23. The van der Waals surface area contributed by atoms with E-state index in [0.717, 1.165) is 5.01 Å². The lowest BCUT2D eigenvalue weighted by molar-refractivity contribution is -0.249. The van der Waals surface area contributed by atoms with Crippen LogP contribution in [0.15, 0.2) is 36.4 Å².